The third kappa shape index (κ3) is 2.31. The first kappa shape index (κ1) is 9.64. The molecule has 0 fully saturated rings. The van der Waals surface area contributed by atoms with Gasteiger partial charge in [-0.05, 0) is 12.5 Å². The van der Waals surface area contributed by atoms with Crippen LogP contribution in [0.25, 0.3) is 0 Å². The largest absolute Gasteiger partial charge is 0.481 e. The molecule has 15 heavy (non-hydrogen) atoms. The molecule has 0 amide bonds. The van der Waals surface area contributed by atoms with E-state index in [0.29, 0.717) is 12.2 Å². The lowest BCUT2D eigenvalue weighted by molar-refractivity contribution is -0.140. The molecule has 0 aromatic carbocycles. The lowest BCUT2D eigenvalue weighted by Gasteiger charge is -2.11. The van der Waals surface area contributed by atoms with Gasteiger partial charge in [-0.1, -0.05) is 12.2 Å². The van der Waals surface area contributed by atoms with E-state index in [1.165, 1.54) is 6.33 Å². The molecule has 2 rings (SSSR count). The van der Waals surface area contributed by atoms with Crippen molar-refractivity contribution in [1.29, 1.82) is 0 Å². The number of nitrogens with one attached hydrogen (secondary N) is 1. The molecule has 1 aliphatic rings. The highest BCUT2D eigenvalue weighted by Gasteiger charge is 2.24. The van der Waals surface area contributed by atoms with Crippen LogP contribution >= 0.6 is 0 Å². The monoisotopic (exact) mass is 205 g/mol. The van der Waals surface area contributed by atoms with Gasteiger partial charge in [-0.2, -0.15) is 0 Å². The van der Waals surface area contributed by atoms with Gasteiger partial charge in [0.15, 0.2) is 0 Å². The number of carboxylic acids is 1. The molecule has 0 bridgehead atoms. The van der Waals surface area contributed by atoms with E-state index in [2.05, 4.69) is 15.3 Å². The summed E-state index contributed by atoms with van der Waals surface area (Å²) in [4.78, 5) is 18.5. The van der Waals surface area contributed by atoms with Crippen molar-refractivity contribution in [3.8, 4) is 0 Å². The fourth-order valence-corrected chi connectivity index (χ4v) is 1.56. The lowest BCUT2D eigenvalue weighted by Crippen LogP contribution is -2.19. The first-order chi connectivity index (χ1) is 7.25. The van der Waals surface area contributed by atoms with Crippen LogP contribution in [0.4, 0.5) is 5.82 Å². The Kier molecular flexibility index (Phi) is 2.62. The number of hydrogen-bond acceptors (Lipinski definition) is 4. The second-order valence-corrected chi connectivity index (χ2v) is 3.41. The van der Waals surface area contributed by atoms with Crippen LogP contribution < -0.4 is 5.32 Å². The highest BCUT2D eigenvalue weighted by atomic mass is 16.4. The van der Waals surface area contributed by atoms with Gasteiger partial charge < -0.3 is 10.4 Å². The number of aromatic nitrogens is 2. The molecular weight excluding hydrogens is 194 g/mol. The molecule has 2 N–H and O–H groups in total. The standard InChI is InChI=1S/C10H11N3O2/c14-10(15)7-1-2-8(5-7)13-9-3-4-11-6-12-9/h1-4,6-8H,5H2,(H,14,15)(H,11,12,13). The van der Waals surface area contributed by atoms with Gasteiger partial charge in [-0.15, -0.1) is 0 Å². The summed E-state index contributed by atoms with van der Waals surface area (Å²) >= 11 is 0. The summed E-state index contributed by atoms with van der Waals surface area (Å²) in [5, 5.41) is 11.9. The number of carbonyl (C=O) groups is 1. The van der Waals surface area contributed by atoms with Gasteiger partial charge in [0.05, 0.1) is 5.92 Å². The van der Waals surface area contributed by atoms with Crippen molar-refractivity contribution in [2.75, 3.05) is 5.32 Å². The van der Waals surface area contributed by atoms with Crippen molar-refractivity contribution in [1.82, 2.24) is 9.97 Å². The van der Waals surface area contributed by atoms with Crippen LogP contribution in [-0.2, 0) is 4.79 Å². The minimum atomic E-state index is -0.779. The summed E-state index contributed by atoms with van der Waals surface area (Å²) in [5.41, 5.74) is 0. The molecule has 5 heteroatoms. The second-order valence-electron chi connectivity index (χ2n) is 3.41. The molecule has 0 spiro atoms. The third-order valence-electron chi connectivity index (χ3n) is 2.32. The summed E-state index contributed by atoms with van der Waals surface area (Å²) in [5.74, 6) is -0.451. The van der Waals surface area contributed by atoms with Crippen LogP contribution in [-0.4, -0.2) is 27.1 Å². The second kappa shape index (κ2) is 4.08. The van der Waals surface area contributed by atoms with Gasteiger partial charge in [-0.25, -0.2) is 9.97 Å². The van der Waals surface area contributed by atoms with Crippen LogP contribution in [0.1, 0.15) is 6.42 Å². The Labute approximate surface area is 86.9 Å². The fraction of sp³-hybridized carbons (Fsp3) is 0.300. The summed E-state index contributed by atoms with van der Waals surface area (Å²) < 4.78 is 0. The predicted octanol–water partition coefficient (Wildman–Crippen LogP) is 0.918. The Morgan fingerprint density at radius 1 is 1.53 bits per heavy atom. The third-order valence-corrected chi connectivity index (χ3v) is 2.32. The van der Waals surface area contributed by atoms with E-state index in [1.807, 2.05) is 6.08 Å². The molecule has 1 aliphatic carbocycles. The molecule has 0 saturated heterocycles. The van der Waals surface area contributed by atoms with Crippen LogP contribution in [0, 0.1) is 5.92 Å². The Balaban J connectivity index is 1.94. The van der Waals surface area contributed by atoms with Gasteiger partial charge in [-0.3, -0.25) is 4.79 Å². The molecule has 1 heterocycles. The van der Waals surface area contributed by atoms with Crippen molar-refractivity contribution in [2.24, 2.45) is 5.92 Å². The topological polar surface area (TPSA) is 75.1 Å². The lowest BCUT2D eigenvalue weighted by atomic mass is 10.1. The minimum Gasteiger partial charge on any atom is -0.481 e. The molecule has 0 aliphatic heterocycles. The van der Waals surface area contributed by atoms with E-state index >= 15 is 0 Å². The fourth-order valence-electron chi connectivity index (χ4n) is 1.56. The average Bonchev–Trinajstić information content (AvgIpc) is 2.68. The number of hydrogen-bond donors (Lipinski definition) is 2. The van der Waals surface area contributed by atoms with Gasteiger partial charge in [0.1, 0.15) is 12.1 Å². The molecular formula is C10H11N3O2. The number of anilines is 1. The molecule has 0 saturated carbocycles. The van der Waals surface area contributed by atoms with Crippen molar-refractivity contribution in [3.63, 3.8) is 0 Å². The van der Waals surface area contributed by atoms with E-state index in [-0.39, 0.29) is 12.0 Å². The Hall–Kier alpha value is -1.91. The SMILES string of the molecule is O=C(O)C1C=CC(Nc2ccncn2)C1. The van der Waals surface area contributed by atoms with E-state index in [9.17, 15) is 4.79 Å². The molecule has 0 radical (unpaired) electrons. The van der Waals surface area contributed by atoms with Gasteiger partial charge in [0.25, 0.3) is 0 Å². The highest BCUT2D eigenvalue weighted by molar-refractivity contribution is 5.73. The highest BCUT2D eigenvalue weighted by Crippen LogP contribution is 2.20. The summed E-state index contributed by atoms with van der Waals surface area (Å²) in [6.45, 7) is 0. The van der Waals surface area contributed by atoms with Gasteiger partial charge in [0, 0.05) is 12.2 Å². The number of rotatable bonds is 3. The van der Waals surface area contributed by atoms with E-state index < -0.39 is 5.97 Å². The summed E-state index contributed by atoms with van der Waals surface area (Å²) in [6.07, 6.45) is 7.24. The molecule has 1 aromatic rings. The molecule has 1 aromatic heterocycles. The van der Waals surface area contributed by atoms with Crippen molar-refractivity contribution in [2.45, 2.75) is 12.5 Å². The van der Waals surface area contributed by atoms with Gasteiger partial charge >= 0.3 is 5.97 Å². The van der Waals surface area contributed by atoms with Crippen LogP contribution in [0.2, 0.25) is 0 Å². The Bertz CT molecular complexity index is 378. The first-order valence-electron chi connectivity index (χ1n) is 4.69. The number of aliphatic carboxylic acids is 1. The summed E-state index contributed by atoms with van der Waals surface area (Å²) in [6, 6.07) is 1.79. The number of nitrogens with zero attached hydrogens (tertiary/aromatic N) is 2. The quantitative estimate of drug-likeness (QED) is 0.717. The van der Waals surface area contributed by atoms with Crippen molar-refractivity contribution < 1.29 is 9.90 Å². The maximum absolute atomic E-state index is 10.7. The summed E-state index contributed by atoms with van der Waals surface area (Å²) in [7, 11) is 0. The zero-order chi connectivity index (χ0) is 10.7. The average molecular weight is 205 g/mol. The maximum atomic E-state index is 10.7. The Morgan fingerprint density at radius 2 is 2.40 bits per heavy atom. The first-order valence-corrected chi connectivity index (χ1v) is 4.69. The molecule has 2 atom stereocenters. The zero-order valence-electron chi connectivity index (χ0n) is 8.00. The minimum absolute atomic E-state index is 0.0426. The Morgan fingerprint density at radius 3 is 3.00 bits per heavy atom. The van der Waals surface area contributed by atoms with Crippen LogP contribution in [0.3, 0.4) is 0 Å². The zero-order valence-corrected chi connectivity index (χ0v) is 8.00. The molecule has 78 valence electrons. The molecule has 5 nitrogen and oxygen atoms in total. The van der Waals surface area contributed by atoms with Crippen LogP contribution in [0.5, 0.6) is 0 Å². The van der Waals surface area contributed by atoms with Crippen molar-refractivity contribution >= 4 is 11.8 Å². The van der Waals surface area contributed by atoms with Crippen molar-refractivity contribution in [3.05, 3.63) is 30.7 Å². The van der Waals surface area contributed by atoms with Gasteiger partial charge in [0.2, 0.25) is 0 Å². The van der Waals surface area contributed by atoms with E-state index in [4.69, 9.17) is 5.11 Å². The van der Waals surface area contributed by atoms with E-state index in [1.54, 1.807) is 18.3 Å². The normalized spacial score (nSPS) is 24.0. The molecule has 2 unspecified atom stereocenters. The van der Waals surface area contributed by atoms with E-state index in [0.717, 1.165) is 0 Å². The predicted molar refractivity (Wildman–Crippen MR) is 54.3 cm³/mol. The van der Waals surface area contributed by atoms with Crippen LogP contribution in [0.15, 0.2) is 30.7 Å². The smallest absolute Gasteiger partial charge is 0.310 e. The number of carboxylic acid groups (broad SMARTS) is 1. The maximum Gasteiger partial charge on any atom is 0.310 e.